The van der Waals surface area contributed by atoms with E-state index in [2.05, 4.69) is 30.2 Å². The van der Waals surface area contributed by atoms with Gasteiger partial charge in [0.15, 0.2) is 5.65 Å². The molecule has 4 N–H and O–H groups in total. The van der Waals surface area contributed by atoms with Crippen LogP contribution < -0.4 is 11.1 Å². The van der Waals surface area contributed by atoms with E-state index in [9.17, 15) is 9.18 Å². The summed E-state index contributed by atoms with van der Waals surface area (Å²) in [4.78, 5) is 32.2. The fraction of sp³-hybridized carbons (Fsp3) is 0.211. The molecule has 140 valence electrons. The Labute approximate surface area is 158 Å². The lowest BCUT2D eigenvalue weighted by atomic mass is 10.0. The minimum atomic E-state index is -1.06. The van der Waals surface area contributed by atoms with Crippen molar-refractivity contribution in [2.24, 2.45) is 5.92 Å². The molecule has 0 spiro atoms. The van der Waals surface area contributed by atoms with Crippen LogP contribution in [0.4, 0.5) is 16.0 Å². The van der Waals surface area contributed by atoms with Crippen LogP contribution in [0, 0.1) is 12.8 Å². The summed E-state index contributed by atoms with van der Waals surface area (Å²) in [6.45, 7) is 1.96. The van der Waals surface area contributed by atoms with Crippen LogP contribution in [-0.4, -0.2) is 37.0 Å². The van der Waals surface area contributed by atoms with Gasteiger partial charge in [0.05, 0.1) is 23.5 Å². The zero-order valence-corrected chi connectivity index (χ0v) is 14.9. The van der Waals surface area contributed by atoms with Crippen LogP contribution in [0.1, 0.15) is 12.0 Å². The minimum absolute atomic E-state index is 0.267. The van der Waals surface area contributed by atoms with E-state index in [0.717, 1.165) is 22.0 Å². The van der Waals surface area contributed by atoms with Gasteiger partial charge in [-0.3, -0.25) is 4.79 Å². The van der Waals surface area contributed by atoms with Gasteiger partial charge in [-0.2, -0.15) is 0 Å². The molecule has 1 aliphatic carbocycles. The van der Waals surface area contributed by atoms with Crippen molar-refractivity contribution in [2.45, 2.75) is 19.5 Å². The highest BCUT2D eigenvalue weighted by Crippen LogP contribution is 2.35. The quantitative estimate of drug-likeness (QED) is 0.504. The number of carbonyl (C=O) groups is 1. The number of anilines is 2. The third-order valence-corrected chi connectivity index (χ3v) is 5.04. The highest BCUT2D eigenvalue weighted by molar-refractivity contribution is 5.99. The number of nitrogens with two attached hydrogens (primary N) is 1. The summed E-state index contributed by atoms with van der Waals surface area (Å²) in [5.74, 6) is -0.253. The number of nitrogens with zero attached hydrogens (tertiary/aromatic N) is 4. The molecule has 1 aliphatic rings. The van der Waals surface area contributed by atoms with Crippen molar-refractivity contribution >= 4 is 39.5 Å². The topological polar surface area (TPSA) is 122 Å². The van der Waals surface area contributed by atoms with E-state index >= 15 is 0 Å². The molecule has 0 radical (unpaired) electrons. The van der Waals surface area contributed by atoms with E-state index in [4.69, 9.17) is 5.73 Å². The van der Waals surface area contributed by atoms with Gasteiger partial charge in [0.1, 0.15) is 17.8 Å². The average Bonchev–Trinajstić information content (AvgIpc) is 3.21. The molecule has 4 aromatic rings. The van der Waals surface area contributed by atoms with E-state index in [1.165, 1.54) is 0 Å². The van der Waals surface area contributed by atoms with E-state index < -0.39 is 12.1 Å². The maximum absolute atomic E-state index is 13.1. The number of imidazole rings is 1. The molecule has 8 nitrogen and oxygen atoms in total. The molecule has 1 fully saturated rings. The summed E-state index contributed by atoms with van der Waals surface area (Å²) in [6.07, 6.45) is 4.08. The summed E-state index contributed by atoms with van der Waals surface area (Å²) in [5.41, 5.74) is 10.0. The van der Waals surface area contributed by atoms with Gasteiger partial charge in [-0.15, -0.1) is 0 Å². The Hall–Kier alpha value is -3.62. The Kier molecular flexibility index (Phi) is 3.51. The number of nitrogen functional groups attached to an aromatic ring is 1. The third kappa shape index (κ3) is 2.63. The number of hydrogen-bond acceptors (Lipinski definition) is 6. The van der Waals surface area contributed by atoms with Crippen molar-refractivity contribution in [1.29, 1.82) is 0 Å². The largest absolute Gasteiger partial charge is 0.383 e. The number of hydrogen-bond donors (Lipinski definition) is 3. The molecule has 0 unspecified atom stereocenters. The highest BCUT2D eigenvalue weighted by Gasteiger charge is 2.43. The lowest BCUT2D eigenvalue weighted by Crippen LogP contribution is -2.15. The number of amides is 1. The lowest BCUT2D eigenvalue weighted by molar-refractivity contribution is -0.117. The molecule has 0 aliphatic heterocycles. The number of alkyl halides is 1. The molecule has 9 heteroatoms. The molecule has 5 rings (SSSR count). The zero-order valence-electron chi connectivity index (χ0n) is 14.9. The molecule has 0 aromatic carbocycles. The van der Waals surface area contributed by atoms with Crippen molar-refractivity contribution in [1.82, 2.24) is 24.9 Å². The number of aromatic nitrogens is 5. The number of halogens is 1. The number of nitrogens with one attached hydrogen (secondary N) is 2. The van der Waals surface area contributed by atoms with Crippen LogP contribution in [0.25, 0.3) is 33.2 Å². The standard InChI is InChI=1S/C19H16FN7O/c1-8-11(5-23-18-16(8)24-7-25-18)14-2-9-3-15(22-6-12(9)17(21)26-14)27-19(28)10-4-13(10)20/h2-3,5-7,10,13H,4H2,1H3,(H2,21,26)(H,22,27,28)(H,23,24,25)/t10-,13+/m0/s1. The number of aryl methyl sites for hydroxylation is 1. The molecule has 0 bridgehead atoms. The maximum atomic E-state index is 13.1. The third-order valence-electron chi connectivity index (χ3n) is 5.04. The Morgan fingerprint density at radius 2 is 2.11 bits per heavy atom. The predicted octanol–water partition coefficient (Wildman–Crippen LogP) is 2.76. The number of H-pyrrole nitrogens is 1. The average molecular weight is 377 g/mol. The Morgan fingerprint density at radius 3 is 2.89 bits per heavy atom. The normalized spacial score (nSPS) is 18.5. The van der Waals surface area contributed by atoms with E-state index in [-0.39, 0.29) is 12.3 Å². The summed E-state index contributed by atoms with van der Waals surface area (Å²) in [5, 5.41) is 4.10. The van der Waals surface area contributed by atoms with E-state index in [1.807, 2.05) is 13.0 Å². The Balaban J connectivity index is 1.57. The first kappa shape index (κ1) is 16.5. The minimum Gasteiger partial charge on any atom is -0.383 e. The first-order valence-electron chi connectivity index (χ1n) is 8.81. The fourth-order valence-corrected chi connectivity index (χ4v) is 3.31. The molecule has 1 amide bonds. The van der Waals surface area contributed by atoms with E-state index in [0.29, 0.717) is 28.4 Å². The number of pyridine rings is 3. The van der Waals surface area contributed by atoms with Crippen molar-refractivity contribution in [3.63, 3.8) is 0 Å². The Bertz CT molecular complexity index is 1250. The van der Waals surface area contributed by atoms with Gasteiger partial charge < -0.3 is 16.0 Å². The smallest absolute Gasteiger partial charge is 0.231 e. The SMILES string of the molecule is Cc1c(-c2cc3cc(NC(=O)[C@H]4C[C@H]4F)ncc3c(N)n2)cnc2nc[nH]c12. The van der Waals surface area contributed by atoms with Crippen LogP contribution in [0.2, 0.25) is 0 Å². The number of carbonyl (C=O) groups excluding carboxylic acids is 1. The van der Waals surface area contributed by atoms with Crippen molar-refractivity contribution in [3.8, 4) is 11.3 Å². The first-order valence-corrected chi connectivity index (χ1v) is 8.81. The maximum Gasteiger partial charge on any atom is 0.231 e. The summed E-state index contributed by atoms with van der Waals surface area (Å²) in [7, 11) is 0. The van der Waals surface area contributed by atoms with Gasteiger partial charge in [-0.05, 0) is 36.4 Å². The molecule has 1 saturated carbocycles. The zero-order chi connectivity index (χ0) is 19.4. The molecular formula is C19H16FN7O. The van der Waals surface area contributed by atoms with Crippen molar-refractivity contribution in [3.05, 3.63) is 36.4 Å². The second kappa shape index (κ2) is 5.95. The Morgan fingerprint density at radius 1 is 1.29 bits per heavy atom. The fourth-order valence-electron chi connectivity index (χ4n) is 3.31. The molecule has 2 atom stereocenters. The van der Waals surface area contributed by atoms with Crippen molar-refractivity contribution in [2.75, 3.05) is 11.1 Å². The van der Waals surface area contributed by atoms with Crippen LogP contribution >= 0.6 is 0 Å². The number of rotatable bonds is 3. The van der Waals surface area contributed by atoms with Gasteiger partial charge in [-0.25, -0.2) is 24.3 Å². The second-order valence-electron chi connectivity index (χ2n) is 6.93. The summed E-state index contributed by atoms with van der Waals surface area (Å²) >= 11 is 0. The van der Waals surface area contributed by atoms with Gasteiger partial charge >= 0.3 is 0 Å². The van der Waals surface area contributed by atoms with Gasteiger partial charge in [0.25, 0.3) is 0 Å². The molecule has 4 heterocycles. The van der Waals surface area contributed by atoms with Crippen LogP contribution in [0.5, 0.6) is 0 Å². The number of fused-ring (bicyclic) bond motifs is 2. The molecule has 4 aromatic heterocycles. The monoisotopic (exact) mass is 377 g/mol. The van der Waals surface area contributed by atoms with Crippen LogP contribution in [0.3, 0.4) is 0 Å². The number of aromatic amines is 1. The van der Waals surface area contributed by atoms with Gasteiger partial charge in [0, 0.05) is 23.3 Å². The van der Waals surface area contributed by atoms with Crippen molar-refractivity contribution < 1.29 is 9.18 Å². The second-order valence-corrected chi connectivity index (χ2v) is 6.93. The van der Waals surface area contributed by atoms with Crippen LogP contribution in [-0.2, 0) is 4.79 Å². The summed E-state index contributed by atoms with van der Waals surface area (Å²) < 4.78 is 13.1. The lowest BCUT2D eigenvalue weighted by Gasteiger charge is -2.10. The predicted molar refractivity (Wildman–Crippen MR) is 103 cm³/mol. The molecule has 0 saturated heterocycles. The first-order chi connectivity index (χ1) is 13.5. The van der Waals surface area contributed by atoms with Crippen LogP contribution in [0.15, 0.2) is 30.9 Å². The molecular weight excluding hydrogens is 361 g/mol. The van der Waals surface area contributed by atoms with Gasteiger partial charge in [-0.1, -0.05) is 0 Å². The summed E-state index contributed by atoms with van der Waals surface area (Å²) in [6, 6.07) is 3.58. The van der Waals surface area contributed by atoms with E-state index in [1.54, 1.807) is 24.8 Å². The van der Waals surface area contributed by atoms with Gasteiger partial charge in [0.2, 0.25) is 5.91 Å². The molecule has 28 heavy (non-hydrogen) atoms. The highest BCUT2D eigenvalue weighted by atomic mass is 19.1.